The molecule has 0 aliphatic heterocycles. The van der Waals surface area contributed by atoms with Gasteiger partial charge in [0.1, 0.15) is 18.1 Å². The number of nitrogens with one attached hydrogen (secondary N) is 3. The zero-order valence-corrected chi connectivity index (χ0v) is 17.2. The minimum absolute atomic E-state index is 0.0888. The summed E-state index contributed by atoms with van der Waals surface area (Å²) >= 11 is 5.31. The van der Waals surface area contributed by atoms with Gasteiger partial charge in [-0.05, 0) is 32.3 Å². The number of thiol groups is 1. The molecule has 7 N–H and O–H groups in total. The monoisotopic (exact) mass is 424 g/mol. The van der Waals surface area contributed by atoms with E-state index in [4.69, 9.17) is 5.73 Å². The van der Waals surface area contributed by atoms with Gasteiger partial charge in [-0.3, -0.25) is 14.4 Å². The van der Waals surface area contributed by atoms with E-state index >= 15 is 0 Å². The quantitative estimate of drug-likeness (QED) is 0.175. The molecule has 0 aliphatic carbocycles. The van der Waals surface area contributed by atoms with Crippen LogP contribution in [0.2, 0.25) is 0 Å². The fourth-order valence-corrected chi connectivity index (χ4v) is 2.54. The molecular formula is C15H28N4O6S2. The Morgan fingerprint density at radius 3 is 2.11 bits per heavy atom. The Morgan fingerprint density at radius 2 is 1.67 bits per heavy atom. The van der Waals surface area contributed by atoms with Crippen molar-refractivity contribution in [3.8, 4) is 0 Å². The predicted molar refractivity (Wildman–Crippen MR) is 106 cm³/mol. The summed E-state index contributed by atoms with van der Waals surface area (Å²) in [5, 5.41) is 26.0. The van der Waals surface area contributed by atoms with E-state index < -0.39 is 54.0 Å². The lowest BCUT2D eigenvalue weighted by Gasteiger charge is -2.25. The molecule has 27 heavy (non-hydrogen) atoms. The molecule has 0 heterocycles. The third kappa shape index (κ3) is 9.31. The van der Waals surface area contributed by atoms with Crippen molar-refractivity contribution in [3.05, 3.63) is 0 Å². The zero-order chi connectivity index (χ0) is 21.1. The van der Waals surface area contributed by atoms with Crippen LogP contribution in [0.5, 0.6) is 0 Å². The summed E-state index contributed by atoms with van der Waals surface area (Å²) in [6, 6.07) is -4.45. The van der Waals surface area contributed by atoms with Crippen molar-refractivity contribution < 1.29 is 29.4 Å². The Morgan fingerprint density at radius 1 is 1.07 bits per heavy atom. The standard InChI is InChI=1S/C15H28N4O6S2/c1-7(17-13(22)9(16)6-26)12(21)19-11(8(2)20)14(23)18-10(15(24)25)4-5-27-3/h7-11,20,26H,4-6,16H2,1-3H3,(H,17,22)(H,18,23)(H,19,21)(H,24,25). The number of hydrogen-bond acceptors (Lipinski definition) is 8. The van der Waals surface area contributed by atoms with Crippen LogP contribution in [-0.2, 0) is 19.2 Å². The molecule has 5 unspecified atom stereocenters. The molecule has 10 nitrogen and oxygen atoms in total. The van der Waals surface area contributed by atoms with Crippen LogP contribution in [0.3, 0.4) is 0 Å². The van der Waals surface area contributed by atoms with Gasteiger partial charge in [0.05, 0.1) is 12.1 Å². The molecule has 0 aliphatic rings. The number of carbonyl (C=O) groups excluding carboxylic acids is 3. The second kappa shape index (κ2) is 12.8. The minimum atomic E-state index is -1.38. The summed E-state index contributed by atoms with van der Waals surface area (Å²) < 4.78 is 0. The highest BCUT2D eigenvalue weighted by atomic mass is 32.2. The fraction of sp³-hybridized carbons (Fsp3) is 0.733. The number of aliphatic carboxylic acids is 1. The first-order valence-corrected chi connectivity index (χ1v) is 10.2. The second-order valence-electron chi connectivity index (χ2n) is 5.93. The first kappa shape index (κ1) is 25.5. The number of carbonyl (C=O) groups is 4. The highest BCUT2D eigenvalue weighted by Gasteiger charge is 2.31. The van der Waals surface area contributed by atoms with Crippen LogP contribution >= 0.6 is 24.4 Å². The van der Waals surface area contributed by atoms with Gasteiger partial charge in [0, 0.05) is 5.75 Å². The van der Waals surface area contributed by atoms with Crippen LogP contribution in [0.4, 0.5) is 0 Å². The summed E-state index contributed by atoms with van der Waals surface area (Å²) in [6.45, 7) is 2.66. The van der Waals surface area contributed by atoms with Crippen LogP contribution in [0.1, 0.15) is 20.3 Å². The maximum atomic E-state index is 12.3. The summed E-state index contributed by atoms with van der Waals surface area (Å²) in [4.78, 5) is 47.5. The molecule has 0 bridgehead atoms. The smallest absolute Gasteiger partial charge is 0.326 e. The van der Waals surface area contributed by atoms with E-state index in [1.165, 1.54) is 25.6 Å². The Labute approximate surface area is 167 Å². The molecule has 0 aromatic heterocycles. The average Bonchev–Trinajstić information content (AvgIpc) is 2.60. The molecular weight excluding hydrogens is 396 g/mol. The first-order valence-electron chi connectivity index (χ1n) is 8.22. The summed E-state index contributed by atoms with van der Waals surface area (Å²) in [7, 11) is 0. The highest BCUT2D eigenvalue weighted by molar-refractivity contribution is 7.98. The van der Waals surface area contributed by atoms with Crippen molar-refractivity contribution in [1.29, 1.82) is 0 Å². The summed E-state index contributed by atoms with van der Waals surface area (Å²) in [6.07, 6.45) is 0.706. The molecule has 5 atom stereocenters. The van der Waals surface area contributed by atoms with Crippen molar-refractivity contribution in [3.63, 3.8) is 0 Å². The van der Waals surface area contributed by atoms with Crippen molar-refractivity contribution in [2.24, 2.45) is 5.73 Å². The molecule has 0 saturated carbocycles. The van der Waals surface area contributed by atoms with Crippen molar-refractivity contribution >= 4 is 48.1 Å². The SMILES string of the molecule is CSCCC(NC(=O)C(NC(=O)C(C)NC(=O)C(N)CS)C(C)O)C(=O)O. The molecule has 3 amide bonds. The molecule has 0 fully saturated rings. The number of hydrogen-bond donors (Lipinski definition) is 7. The van der Waals surface area contributed by atoms with Gasteiger partial charge in [-0.25, -0.2) is 4.79 Å². The number of aliphatic hydroxyl groups excluding tert-OH is 1. The van der Waals surface area contributed by atoms with E-state index in [2.05, 4.69) is 28.6 Å². The van der Waals surface area contributed by atoms with Gasteiger partial charge < -0.3 is 31.9 Å². The predicted octanol–water partition coefficient (Wildman–Crippen LogP) is -2.06. The zero-order valence-electron chi connectivity index (χ0n) is 15.5. The van der Waals surface area contributed by atoms with Gasteiger partial charge >= 0.3 is 5.97 Å². The molecule has 0 aromatic carbocycles. The molecule has 0 radical (unpaired) electrons. The number of thioether (sulfide) groups is 1. The molecule has 0 aromatic rings. The number of amides is 3. The third-order valence-electron chi connectivity index (χ3n) is 3.57. The number of nitrogens with two attached hydrogens (primary N) is 1. The lowest BCUT2D eigenvalue weighted by Crippen LogP contribution is -2.59. The number of carboxylic acids is 1. The van der Waals surface area contributed by atoms with E-state index in [9.17, 15) is 29.4 Å². The van der Waals surface area contributed by atoms with Gasteiger partial charge in [0.15, 0.2) is 0 Å². The van der Waals surface area contributed by atoms with Gasteiger partial charge in [0.25, 0.3) is 0 Å². The van der Waals surface area contributed by atoms with Gasteiger partial charge in [-0.15, -0.1) is 0 Å². The Bertz CT molecular complexity index is 534. The second-order valence-corrected chi connectivity index (χ2v) is 7.28. The minimum Gasteiger partial charge on any atom is -0.480 e. The highest BCUT2D eigenvalue weighted by Crippen LogP contribution is 2.03. The van der Waals surface area contributed by atoms with Crippen LogP contribution < -0.4 is 21.7 Å². The van der Waals surface area contributed by atoms with E-state index in [0.717, 1.165) is 0 Å². The normalized spacial score (nSPS) is 16.4. The van der Waals surface area contributed by atoms with Crippen LogP contribution in [0.15, 0.2) is 0 Å². The molecule has 0 spiro atoms. The lowest BCUT2D eigenvalue weighted by molar-refractivity contribution is -0.143. The molecule has 156 valence electrons. The maximum absolute atomic E-state index is 12.3. The molecule has 12 heteroatoms. The summed E-state index contributed by atoms with van der Waals surface area (Å²) in [5.74, 6) is -2.77. The van der Waals surface area contributed by atoms with Gasteiger partial charge in [0.2, 0.25) is 17.7 Å². The fourth-order valence-electron chi connectivity index (χ4n) is 1.91. The number of rotatable bonds is 12. The van der Waals surface area contributed by atoms with E-state index in [1.807, 2.05) is 0 Å². The topological polar surface area (TPSA) is 171 Å². The third-order valence-corrected chi connectivity index (χ3v) is 4.61. The number of carboxylic acid groups (broad SMARTS) is 1. The summed E-state index contributed by atoms with van der Waals surface area (Å²) in [5.41, 5.74) is 5.50. The first-order chi connectivity index (χ1) is 12.5. The Hall–Kier alpha value is -1.50. The van der Waals surface area contributed by atoms with Gasteiger partial charge in [-0.1, -0.05) is 0 Å². The Balaban J connectivity index is 4.95. The van der Waals surface area contributed by atoms with Crippen LogP contribution in [0.25, 0.3) is 0 Å². The van der Waals surface area contributed by atoms with E-state index in [-0.39, 0.29) is 12.2 Å². The molecule has 0 rings (SSSR count). The van der Waals surface area contributed by atoms with Crippen LogP contribution in [0, 0.1) is 0 Å². The van der Waals surface area contributed by atoms with Crippen molar-refractivity contribution in [2.45, 2.75) is 50.5 Å². The maximum Gasteiger partial charge on any atom is 0.326 e. The average molecular weight is 425 g/mol. The largest absolute Gasteiger partial charge is 0.480 e. The molecule has 0 saturated heterocycles. The van der Waals surface area contributed by atoms with Gasteiger partial charge in [-0.2, -0.15) is 24.4 Å². The number of aliphatic hydroxyl groups is 1. The lowest BCUT2D eigenvalue weighted by atomic mass is 10.1. The van der Waals surface area contributed by atoms with E-state index in [1.54, 1.807) is 6.26 Å². The van der Waals surface area contributed by atoms with Crippen molar-refractivity contribution in [1.82, 2.24) is 16.0 Å². The van der Waals surface area contributed by atoms with E-state index in [0.29, 0.717) is 5.75 Å². The van der Waals surface area contributed by atoms with Crippen molar-refractivity contribution in [2.75, 3.05) is 17.8 Å². The Kier molecular flexibility index (Phi) is 12.1. The van der Waals surface area contributed by atoms with Crippen LogP contribution in [-0.4, -0.2) is 81.9 Å².